The number of benzene rings is 1. The van der Waals surface area contributed by atoms with Gasteiger partial charge < -0.3 is 15.5 Å². The summed E-state index contributed by atoms with van der Waals surface area (Å²) in [4.78, 5) is 12.0. The molecule has 0 radical (unpaired) electrons. The third-order valence-electron chi connectivity index (χ3n) is 4.14. The van der Waals surface area contributed by atoms with Crippen molar-refractivity contribution in [3.05, 3.63) is 33.8 Å². The van der Waals surface area contributed by atoms with Crippen LogP contribution in [0.1, 0.15) is 44.8 Å². The third kappa shape index (κ3) is 5.43. The molecule has 0 saturated heterocycles. The Bertz CT molecular complexity index is 476. The number of aliphatic hydroxyl groups excluding tert-OH is 2. The number of nitrogens with one attached hydrogen (secondary N) is 1. The molecule has 0 saturated carbocycles. The van der Waals surface area contributed by atoms with E-state index in [2.05, 4.69) is 5.32 Å². The Morgan fingerprint density at radius 2 is 1.77 bits per heavy atom. The molecule has 3 N–H and O–H groups in total. The monoisotopic (exact) mass is 347 g/mol. The molecule has 0 fully saturated rings. The molecule has 1 unspecified atom stereocenters. The summed E-state index contributed by atoms with van der Waals surface area (Å²) in [6, 6.07) is 4.74. The van der Waals surface area contributed by atoms with Gasteiger partial charge in [0.15, 0.2) is 0 Å². The van der Waals surface area contributed by atoms with E-state index in [1.165, 1.54) is 0 Å². The average Bonchev–Trinajstić information content (AvgIpc) is 2.48. The lowest BCUT2D eigenvalue weighted by Gasteiger charge is -2.29. The fourth-order valence-electron chi connectivity index (χ4n) is 2.20. The number of rotatable bonds is 8. The van der Waals surface area contributed by atoms with Crippen LogP contribution in [-0.4, -0.2) is 29.3 Å². The number of carbonyl (C=O) groups is 1. The summed E-state index contributed by atoms with van der Waals surface area (Å²) in [7, 11) is 0. The van der Waals surface area contributed by atoms with Gasteiger partial charge in [-0.05, 0) is 36.6 Å². The zero-order chi connectivity index (χ0) is 16.8. The molecule has 22 heavy (non-hydrogen) atoms. The van der Waals surface area contributed by atoms with Gasteiger partial charge in [0, 0.05) is 22.0 Å². The van der Waals surface area contributed by atoms with Crippen molar-refractivity contribution in [1.82, 2.24) is 5.32 Å². The van der Waals surface area contributed by atoms with Crippen molar-refractivity contribution in [2.24, 2.45) is 5.41 Å². The van der Waals surface area contributed by atoms with Crippen LogP contribution >= 0.6 is 23.2 Å². The molecule has 0 heterocycles. The molecule has 0 aliphatic carbocycles. The molecule has 6 heteroatoms. The summed E-state index contributed by atoms with van der Waals surface area (Å²) in [5.41, 5.74) is 0.201. The van der Waals surface area contributed by atoms with Gasteiger partial charge in [-0.1, -0.05) is 37.0 Å². The normalized spacial score (nSPS) is 13.0. The van der Waals surface area contributed by atoms with Crippen LogP contribution in [0.4, 0.5) is 0 Å². The molecular formula is C16H23Cl2NO3. The van der Waals surface area contributed by atoms with Gasteiger partial charge in [-0.3, -0.25) is 4.79 Å². The minimum Gasteiger partial charge on any atom is -0.396 e. The van der Waals surface area contributed by atoms with Gasteiger partial charge in [-0.25, -0.2) is 0 Å². The maximum absolute atomic E-state index is 12.0. The van der Waals surface area contributed by atoms with E-state index >= 15 is 0 Å². The van der Waals surface area contributed by atoms with E-state index in [1.807, 2.05) is 13.8 Å². The fraction of sp³-hybridized carbons (Fsp3) is 0.562. The van der Waals surface area contributed by atoms with Crippen LogP contribution in [0.25, 0.3) is 0 Å². The van der Waals surface area contributed by atoms with Crippen LogP contribution in [-0.2, 0) is 4.79 Å². The van der Waals surface area contributed by atoms with Crippen LogP contribution in [0.15, 0.2) is 18.2 Å². The van der Waals surface area contributed by atoms with Crippen LogP contribution in [0, 0.1) is 5.41 Å². The SMILES string of the molecule is CCC(CC)(CO)CNC(=O)CC(O)c1cc(Cl)cc(Cl)c1. The Hall–Kier alpha value is -0.810. The van der Waals surface area contributed by atoms with Crippen molar-refractivity contribution in [3.8, 4) is 0 Å². The molecule has 0 bridgehead atoms. The van der Waals surface area contributed by atoms with Crippen molar-refractivity contribution in [2.75, 3.05) is 13.2 Å². The molecule has 1 amide bonds. The second-order valence-corrected chi connectivity index (χ2v) is 6.44. The Labute approximate surface area is 141 Å². The summed E-state index contributed by atoms with van der Waals surface area (Å²) in [5.74, 6) is -0.275. The standard InChI is InChI=1S/C16H23Cl2NO3/c1-3-16(4-2,10-20)9-19-15(22)8-14(21)11-5-12(17)7-13(18)6-11/h5-7,14,20-21H,3-4,8-10H2,1-2H3,(H,19,22). The summed E-state index contributed by atoms with van der Waals surface area (Å²) in [6.45, 7) is 4.37. The summed E-state index contributed by atoms with van der Waals surface area (Å²) < 4.78 is 0. The summed E-state index contributed by atoms with van der Waals surface area (Å²) in [5, 5.41) is 23.2. The molecule has 0 spiro atoms. The quantitative estimate of drug-likeness (QED) is 0.675. The van der Waals surface area contributed by atoms with Crippen molar-refractivity contribution in [2.45, 2.75) is 39.2 Å². The lowest BCUT2D eigenvalue weighted by Crippen LogP contribution is -2.39. The van der Waals surface area contributed by atoms with Gasteiger partial charge in [0.1, 0.15) is 0 Å². The number of amides is 1. The van der Waals surface area contributed by atoms with Gasteiger partial charge >= 0.3 is 0 Å². The minimum absolute atomic E-state index is 0.0206. The predicted octanol–water partition coefficient (Wildman–Crippen LogP) is 3.33. The average molecular weight is 348 g/mol. The first-order valence-electron chi connectivity index (χ1n) is 7.37. The van der Waals surface area contributed by atoms with E-state index in [4.69, 9.17) is 23.2 Å². The molecule has 1 aromatic carbocycles. The van der Waals surface area contributed by atoms with Crippen LogP contribution in [0.5, 0.6) is 0 Å². The largest absolute Gasteiger partial charge is 0.396 e. The predicted molar refractivity (Wildman–Crippen MR) is 89.1 cm³/mol. The number of hydrogen-bond acceptors (Lipinski definition) is 3. The number of aliphatic hydroxyl groups is 2. The molecule has 124 valence electrons. The maximum Gasteiger partial charge on any atom is 0.222 e. The van der Waals surface area contributed by atoms with Gasteiger partial charge in [0.25, 0.3) is 0 Å². The highest BCUT2D eigenvalue weighted by Crippen LogP contribution is 2.26. The molecule has 1 rings (SSSR count). The smallest absolute Gasteiger partial charge is 0.222 e. The van der Waals surface area contributed by atoms with Crippen molar-refractivity contribution < 1.29 is 15.0 Å². The molecule has 0 aliphatic heterocycles. The van der Waals surface area contributed by atoms with Gasteiger partial charge in [-0.15, -0.1) is 0 Å². The number of carbonyl (C=O) groups excluding carboxylic acids is 1. The second-order valence-electron chi connectivity index (χ2n) is 5.56. The molecule has 4 nitrogen and oxygen atoms in total. The van der Waals surface area contributed by atoms with Crippen LogP contribution in [0.2, 0.25) is 10.0 Å². The van der Waals surface area contributed by atoms with E-state index in [1.54, 1.807) is 18.2 Å². The Kier molecular flexibility index (Phi) is 7.63. The van der Waals surface area contributed by atoms with Crippen LogP contribution < -0.4 is 5.32 Å². The van der Waals surface area contributed by atoms with Crippen molar-refractivity contribution in [1.29, 1.82) is 0 Å². The van der Waals surface area contributed by atoms with E-state index in [0.29, 0.717) is 22.2 Å². The van der Waals surface area contributed by atoms with Gasteiger partial charge in [0.05, 0.1) is 19.1 Å². The van der Waals surface area contributed by atoms with Crippen molar-refractivity contribution >= 4 is 29.1 Å². The number of hydrogen-bond donors (Lipinski definition) is 3. The first kappa shape index (κ1) is 19.2. The fourth-order valence-corrected chi connectivity index (χ4v) is 2.74. The topological polar surface area (TPSA) is 69.6 Å². The molecule has 1 aromatic rings. The van der Waals surface area contributed by atoms with E-state index in [-0.39, 0.29) is 24.3 Å². The van der Waals surface area contributed by atoms with E-state index in [0.717, 1.165) is 12.8 Å². The van der Waals surface area contributed by atoms with Gasteiger partial charge in [0.2, 0.25) is 5.91 Å². The number of halogens is 2. The van der Waals surface area contributed by atoms with E-state index < -0.39 is 6.10 Å². The first-order valence-corrected chi connectivity index (χ1v) is 8.13. The maximum atomic E-state index is 12.0. The molecule has 1 atom stereocenters. The van der Waals surface area contributed by atoms with Crippen LogP contribution in [0.3, 0.4) is 0 Å². The lowest BCUT2D eigenvalue weighted by molar-refractivity contribution is -0.123. The van der Waals surface area contributed by atoms with Gasteiger partial charge in [-0.2, -0.15) is 0 Å². The Morgan fingerprint density at radius 1 is 1.23 bits per heavy atom. The minimum atomic E-state index is -0.969. The highest BCUT2D eigenvalue weighted by atomic mass is 35.5. The molecular weight excluding hydrogens is 325 g/mol. The second kappa shape index (κ2) is 8.73. The highest BCUT2D eigenvalue weighted by Gasteiger charge is 2.26. The Balaban J connectivity index is 2.61. The highest BCUT2D eigenvalue weighted by molar-refractivity contribution is 6.34. The third-order valence-corrected chi connectivity index (χ3v) is 4.58. The molecule has 0 aromatic heterocycles. The Morgan fingerprint density at radius 3 is 2.23 bits per heavy atom. The first-order chi connectivity index (χ1) is 10.4. The summed E-state index contributed by atoms with van der Waals surface area (Å²) >= 11 is 11.8. The zero-order valence-electron chi connectivity index (χ0n) is 12.9. The lowest BCUT2D eigenvalue weighted by atomic mass is 9.83. The van der Waals surface area contributed by atoms with E-state index in [9.17, 15) is 15.0 Å². The molecule has 0 aliphatic rings. The zero-order valence-corrected chi connectivity index (χ0v) is 14.4. The van der Waals surface area contributed by atoms with Crippen molar-refractivity contribution in [3.63, 3.8) is 0 Å². The summed E-state index contributed by atoms with van der Waals surface area (Å²) in [6.07, 6.45) is 0.494.